The Bertz CT molecular complexity index is 497. The van der Waals surface area contributed by atoms with Crippen molar-refractivity contribution in [1.29, 1.82) is 0 Å². The number of nitrogens with zero attached hydrogens (tertiary/aromatic N) is 2. The molecule has 1 aromatic carbocycles. The molecule has 0 aliphatic carbocycles. The van der Waals surface area contributed by atoms with Crippen LogP contribution in [-0.2, 0) is 6.61 Å². The number of aliphatic hydroxyl groups is 1. The molecule has 0 unspecified atom stereocenters. The van der Waals surface area contributed by atoms with Gasteiger partial charge in [0.2, 0.25) is 0 Å². The Labute approximate surface area is 104 Å². The number of hydrogen-bond donors (Lipinski definition) is 1. The summed E-state index contributed by atoms with van der Waals surface area (Å²) in [6.45, 7) is 4.02. The van der Waals surface area contributed by atoms with Gasteiger partial charge < -0.3 is 9.84 Å². The molecule has 0 aliphatic rings. The minimum Gasteiger partial charge on any atom is -0.429 e. The van der Waals surface area contributed by atoms with Crippen LogP contribution in [0.15, 0.2) is 24.3 Å². The second kappa shape index (κ2) is 5.25. The number of rotatable bonds is 4. The molecule has 0 radical (unpaired) electrons. The van der Waals surface area contributed by atoms with E-state index < -0.39 is 0 Å². The molecule has 1 heterocycles. The highest BCUT2D eigenvalue weighted by atomic mass is 32.1. The fourth-order valence-corrected chi connectivity index (χ4v) is 2.01. The van der Waals surface area contributed by atoms with E-state index in [0.717, 1.165) is 11.4 Å². The van der Waals surface area contributed by atoms with Crippen molar-refractivity contribution in [3.8, 4) is 10.9 Å². The second-order valence-corrected chi connectivity index (χ2v) is 4.66. The van der Waals surface area contributed by atoms with Crippen LogP contribution in [-0.4, -0.2) is 14.5 Å². The van der Waals surface area contributed by atoms with Gasteiger partial charge in [-0.15, -0.1) is 0 Å². The molecule has 2 rings (SSSR count). The molecule has 0 aliphatic heterocycles. The van der Waals surface area contributed by atoms with E-state index in [0.29, 0.717) is 10.9 Å². The summed E-state index contributed by atoms with van der Waals surface area (Å²) in [7, 11) is 0. The van der Waals surface area contributed by atoms with Gasteiger partial charge in [-0.1, -0.05) is 32.0 Å². The predicted molar refractivity (Wildman–Crippen MR) is 66.4 cm³/mol. The molecule has 1 aromatic heterocycles. The molecule has 0 amide bonds. The van der Waals surface area contributed by atoms with Crippen LogP contribution in [0.2, 0.25) is 0 Å². The number of ether oxygens (including phenoxy) is 1. The molecule has 1 N–H and O–H groups in total. The molecule has 2 aromatic rings. The topological polar surface area (TPSA) is 55.2 Å². The first-order valence-corrected chi connectivity index (χ1v) is 6.18. The first-order valence-electron chi connectivity index (χ1n) is 5.41. The van der Waals surface area contributed by atoms with E-state index in [-0.39, 0.29) is 12.5 Å². The first kappa shape index (κ1) is 12.0. The van der Waals surface area contributed by atoms with E-state index in [4.69, 9.17) is 4.74 Å². The van der Waals surface area contributed by atoms with Crippen LogP contribution in [0.1, 0.15) is 31.2 Å². The van der Waals surface area contributed by atoms with Gasteiger partial charge in [-0.05, 0) is 6.07 Å². The summed E-state index contributed by atoms with van der Waals surface area (Å²) >= 11 is 1.23. The van der Waals surface area contributed by atoms with Crippen molar-refractivity contribution in [2.45, 2.75) is 26.4 Å². The molecule has 0 saturated carbocycles. The fourth-order valence-electron chi connectivity index (χ4n) is 1.32. The van der Waals surface area contributed by atoms with Crippen molar-refractivity contribution in [3.05, 3.63) is 35.7 Å². The lowest BCUT2D eigenvalue weighted by Crippen LogP contribution is -1.92. The van der Waals surface area contributed by atoms with Crippen molar-refractivity contribution in [3.63, 3.8) is 0 Å². The maximum absolute atomic E-state index is 9.18. The van der Waals surface area contributed by atoms with Crippen molar-refractivity contribution < 1.29 is 9.84 Å². The van der Waals surface area contributed by atoms with E-state index >= 15 is 0 Å². The Morgan fingerprint density at radius 2 is 2.12 bits per heavy atom. The zero-order chi connectivity index (χ0) is 12.3. The number of aliphatic hydroxyl groups excluding tert-OH is 1. The molecule has 5 heteroatoms. The van der Waals surface area contributed by atoms with Crippen LogP contribution >= 0.6 is 11.5 Å². The SMILES string of the molecule is CC(C)c1nsc(Oc2ccccc2CO)n1. The Hall–Kier alpha value is -1.46. The van der Waals surface area contributed by atoms with Gasteiger partial charge in [0.25, 0.3) is 5.19 Å². The zero-order valence-electron chi connectivity index (χ0n) is 9.75. The van der Waals surface area contributed by atoms with Gasteiger partial charge in [0.15, 0.2) is 0 Å². The Kier molecular flexibility index (Phi) is 3.71. The molecule has 0 atom stereocenters. The highest BCUT2D eigenvalue weighted by molar-refractivity contribution is 7.07. The predicted octanol–water partition coefficient (Wildman–Crippen LogP) is 2.95. The average molecular weight is 250 g/mol. The van der Waals surface area contributed by atoms with E-state index in [1.807, 2.05) is 38.1 Å². The molecular weight excluding hydrogens is 236 g/mol. The number of para-hydroxylation sites is 1. The van der Waals surface area contributed by atoms with Crippen molar-refractivity contribution >= 4 is 11.5 Å². The Morgan fingerprint density at radius 3 is 2.76 bits per heavy atom. The highest BCUT2D eigenvalue weighted by Crippen LogP contribution is 2.27. The lowest BCUT2D eigenvalue weighted by atomic mass is 10.2. The highest BCUT2D eigenvalue weighted by Gasteiger charge is 2.10. The van der Waals surface area contributed by atoms with Crippen LogP contribution in [0.4, 0.5) is 0 Å². The number of aromatic nitrogens is 2. The Balaban J connectivity index is 2.19. The van der Waals surface area contributed by atoms with Crippen molar-refractivity contribution in [2.24, 2.45) is 0 Å². The minimum atomic E-state index is -0.0496. The summed E-state index contributed by atoms with van der Waals surface area (Å²) in [5.41, 5.74) is 0.744. The van der Waals surface area contributed by atoms with Crippen LogP contribution in [0.5, 0.6) is 10.9 Å². The summed E-state index contributed by atoms with van der Waals surface area (Å²) in [5.74, 6) is 1.70. The number of hydrogen-bond acceptors (Lipinski definition) is 5. The van der Waals surface area contributed by atoms with E-state index in [9.17, 15) is 5.11 Å². The van der Waals surface area contributed by atoms with Gasteiger partial charge in [0.05, 0.1) is 6.61 Å². The summed E-state index contributed by atoms with van der Waals surface area (Å²) in [6, 6.07) is 7.35. The summed E-state index contributed by atoms with van der Waals surface area (Å²) < 4.78 is 9.83. The lowest BCUT2D eigenvalue weighted by Gasteiger charge is -2.05. The van der Waals surface area contributed by atoms with Gasteiger partial charge >= 0.3 is 0 Å². The third-order valence-electron chi connectivity index (χ3n) is 2.28. The average Bonchev–Trinajstić information content (AvgIpc) is 2.78. The quantitative estimate of drug-likeness (QED) is 0.906. The third-order valence-corrected chi connectivity index (χ3v) is 2.89. The molecule has 90 valence electrons. The smallest absolute Gasteiger partial charge is 0.298 e. The van der Waals surface area contributed by atoms with Gasteiger partial charge in [-0.25, -0.2) is 0 Å². The van der Waals surface area contributed by atoms with Crippen molar-refractivity contribution in [1.82, 2.24) is 9.36 Å². The monoisotopic (exact) mass is 250 g/mol. The molecule has 4 nitrogen and oxygen atoms in total. The standard InChI is InChI=1S/C12H14N2O2S/c1-8(2)11-13-12(17-14-11)16-10-6-4-3-5-9(10)7-15/h3-6,8,15H,7H2,1-2H3. The fraction of sp³-hybridized carbons (Fsp3) is 0.333. The summed E-state index contributed by atoms with van der Waals surface area (Å²) in [4.78, 5) is 4.28. The van der Waals surface area contributed by atoms with Crippen LogP contribution in [0, 0.1) is 0 Å². The molecular formula is C12H14N2O2S. The Morgan fingerprint density at radius 1 is 1.35 bits per heavy atom. The molecule has 0 saturated heterocycles. The lowest BCUT2D eigenvalue weighted by molar-refractivity contribution is 0.276. The van der Waals surface area contributed by atoms with Crippen LogP contribution in [0.3, 0.4) is 0 Å². The van der Waals surface area contributed by atoms with Crippen LogP contribution in [0.25, 0.3) is 0 Å². The molecule has 0 fully saturated rings. The normalized spacial score (nSPS) is 10.8. The number of benzene rings is 1. The van der Waals surface area contributed by atoms with Gasteiger partial charge in [-0.2, -0.15) is 9.36 Å². The van der Waals surface area contributed by atoms with E-state index in [2.05, 4.69) is 9.36 Å². The van der Waals surface area contributed by atoms with Crippen molar-refractivity contribution in [2.75, 3.05) is 0 Å². The second-order valence-electron chi connectivity index (χ2n) is 3.94. The van der Waals surface area contributed by atoms with Crippen LogP contribution < -0.4 is 4.74 Å². The maximum Gasteiger partial charge on any atom is 0.298 e. The van der Waals surface area contributed by atoms with Gasteiger partial charge in [-0.3, -0.25) is 0 Å². The zero-order valence-corrected chi connectivity index (χ0v) is 10.6. The molecule has 0 bridgehead atoms. The maximum atomic E-state index is 9.18. The van der Waals surface area contributed by atoms with Gasteiger partial charge in [0, 0.05) is 23.0 Å². The summed E-state index contributed by atoms with van der Waals surface area (Å²) in [6.07, 6.45) is 0. The minimum absolute atomic E-state index is 0.0496. The van der Waals surface area contributed by atoms with E-state index in [1.165, 1.54) is 11.5 Å². The first-order chi connectivity index (χ1) is 8.20. The van der Waals surface area contributed by atoms with Gasteiger partial charge in [0.1, 0.15) is 11.6 Å². The molecule has 0 spiro atoms. The van der Waals surface area contributed by atoms with E-state index in [1.54, 1.807) is 0 Å². The third kappa shape index (κ3) is 2.81. The molecule has 17 heavy (non-hydrogen) atoms. The summed E-state index contributed by atoms with van der Waals surface area (Å²) in [5, 5.41) is 9.69. The largest absolute Gasteiger partial charge is 0.429 e.